The van der Waals surface area contributed by atoms with Crippen molar-refractivity contribution in [2.24, 2.45) is 5.16 Å². The molecule has 1 radical (unpaired) electrons. The van der Waals surface area contributed by atoms with Gasteiger partial charge < -0.3 is 4.84 Å². The fraction of sp³-hybridized carbons (Fsp3) is 0.778. The lowest BCUT2D eigenvalue weighted by Crippen LogP contribution is -1.80. The molecular weight excluding hydrogens is 138 g/mol. The highest BCUT2D eigenvalue weighted by Gasteiger charge is 1.86. The second-order valence-electron chi connectivity index (χ2n) is 2.53. The molecule has 0 aliphatic heterocycles. The summed E-state index contributed by atoms with van der Waals surface area (Å²) in [5, 5.41) is 3.65. The monoisotopic (exact) mass is 156 g/mol. The van der Waals surface area contributed by atoms with Gasteiger partial charge in [-0.15, -0.1) is 0 Å². The molecule has 0 fully saturated rings. The maximum Gasteiger partial charge on any atom is 0.106 e. The third kappa shape index (κ3) is 9.47. The molecule has 0 saturated heterocycles. The number of nitrogens with zero attached hydrogens (tertiary/aromatic N) is 1. The number of hydrogen-bond acceptors (Lipinski definition) is 2. The Balaban J connectivity index is 2.85. The van der Waals surface area contributed by atoms with Gasteiger partial charge in [-0.1, -0.05) is 37.8 Å². The van der Waals surface area contributed by atoms with E-state index in [1.165, 1.54) is 25.7 Å². The van der Waals surface area contributed by atoms with Crippen LogP contribution in [0, 0.1) is 6.92 Å². The van der Waals surface area contributed by atoms with Crippen molar-refractivity contribution in [2.45, 2.75) is 38.5 Å². The molecule has 0 atom stereocenters. The van der Waals surface area contributed by atoms with Gasteiger partial charge in [-0.2, -0.15) is 0 Å². The maximum atomic E-state index is 4.53. The molecule has 11 heavy (non-hydrogen) atoms. The van der Waals surface area contributed by atoms with E-state index in [2.05, 4.69) is 16.9 Å². The van der Waals surface area contributed by atoms with Crippen LogP contribution in [0.3, 0.4) is 0 Å². The van der Waals surface area contributed by atoms with Crippen LogP contribution >= 0.6 is 0 Å². The van der Waals surface area contributed by atoms with Crippen LogP contribution in [0.5, 0.6) is 0 Å². The number of hydrogen-bond donors (Lipinski definition) is 0. The third-order valence-corrected chi connectivity index (χ3v) is 1.51. The van der Waals surface area contributed by atoms with Gasteiger partial charge in [0.05, 0.1) is 0 Å². The number of rotatable bonds is 7. The second-order valence-corrected chi connectivity index (χ2v) is 2.53. The lowest BCUT2D eigenvalue weighted by molar-refractivity contribution is 0.214. The highest BCUT2D eigenvalue weighted by molar-refractivity contribution is 5.55. The zero-order chi connectivity index (χ0) is 8.36. The first-order valence-corrected chi connectivity index (χ1v) is 4.26. The molecule has 2 heteroatoms. The van der Waals surface area contributed by atoms with Gasteiger partial charge in [0.25, 0.3) is 0 Å². The molecule has 0 amide bonds. The van der Waals surface area contributed by atoms with Gasteiger partial charge in [0.2, 0.25) is 0 Å². The molecule has 0 aliphatic carbocycles. The zero-order valence-corrected chi connectivity index (χ0v) is 7.38. The van der Waals surface area contributed by atoms with Crippen LogP contribution in [0.25, 0.3) is 0 Å². The molecular formula is C9H18NO. The van der Waals surface area contributed by atoms with Crippen LogP contribution in [0.1, 0.15) is 38.5 Å². The van der Waals surface area contributed by atoms with Crippen LogP contribution in [0.15, 0.2) is 5.16 Å². The predicted molar refractivity (Wildman–Crippen MR) is 48.6 cm³/mol. The van der Waals surface area contributed by atoms with E-state index in [-0.39, 0.29) is 0 Å². The Morgan fingerprint density at radius 1 is 1.27 bits per heavy atom. The van der Waals surface area contributed by atoms with E-state index in [0.29, 0.717) is 0 Å². The Morgan fingerprint density at radius 2 is 2.00 bits per heavy atom. The Hall–Kier alpha value is -0.530. The topological polar surface area (TPSA) is 21.6 Å². The minimum Gasteiger partial charge on any atom is -0.399 e. The lowest BCUT2D eigenvalue weighted by Gasteiger charge is -1.94. The largest absolute Gasteiger partial charge is 0.399 e. The molecule has 0 spiro atoms. The van der Waals surface area contributed by atoms with Crippen molar-refractivity contribution in [3.05, 3.63) is 6.92 Å². The summed E-state index contributed by atoms with van der Waals surface area (Å²) in [6.07, 6.45) is 8.96. The quantitative estimate of drug-likeness (QED) is 0.315. The molecule has 0 N–H and O–H groups in total. The average molecular weight is 156 g/mol. The average Bonchev–Trinajstić information content (AvgIpc) is 2.03. The van der Waals surface area contributed by atoms with E-state index >= 15 is 0 Å². The molecule has 2 nitrogen and oxygen atoms in total. The molecule has 0 rings (SSSR count). The fourth-order valence-corrected chi connectivity index (χ4v) is 0.893. The summed E-state index contributed by atoms with van der Waals surface area (Å²) in [7, 11) is 1.57. The van der Waals surface area contributed by atoms with E-state index in [4.69, 9.17) is 0 Å². The van der Waals surface area contributed by atoms with E-state index in [0.717, 1.165) is 12.8 Å². The van der Waals surface area contributed by atoms with E-state index in [1.807, 2.05) is 6.21 Å². The standard InChI is InChI=1S/C9H18NO/c1-3-4-5-6-7-8-9-10-11-2/h9H,1,3-8H2,2H3/b10-9-. The van der Waals surface area contributed by atoms with Gasteiger partial charge >= 0.3 is 0 Å². The van der Waals surface area contributed by atoms with E-state index in [9.17, 15) is 0 Å². The summed E-state index contributed by atoms with van der Waals surface area (Å²) < 4.78 is 0. The minimum absolute atomic E-state index is 1.03. The van der Waals surface area contributed by atoms with Gasteiger partial charge in [-0.3, -0.25) is 0 Å². The highest BCUT2D eigenvalue weighted by Crippen LogP contribution is 2.03. The normalized spacial score (nSPS) is 10.7. The molecule has 0 aromatic rings. The summed E-state index contributed by atoms with van der Waals surface area (Å²) in [6, 6.07) is 0. The van der Waals surface area contributed by atoms with Crippen LogP contribution in [-0.4, -0.2) is 13.3 Å². The molecule has 65 valence electrons. The van der Waals surface area contributed by atoms with E-state index in [1.54, 1.807) is 7.11 Å². The molecule has 0 heterocycles. The van der Waals surface area contributed by atoms with Gasteiger partial charge in [0.15, 0.2) is 0 Å². The summed E-state index contributed by atoms with van der Waals surface area (Å²) in [5.41, 5.74) is 0. The van der Waals surface area contributed by atoms with Crippen molar-refractivity contribution in [1.82, 2.24) is 0 Å². The van der Waals surface area contributed by atoms with Crippen molar-refractivity contribution in [1.29, 1.82) is 0 Å². The minimum atomic E-state index is 1.03. The number of unbranched alkanes of at least 4 members (excludes halogenated alkanes) is 5. The summed E-state index contributed by atoms with van der Waals surface area (Å²) in [5.74, 6) is 0. The Labute approximate surface area is 69.6 Å². The van der Waals surface area contributed by atoms with E-state index < -0.39 is 0 Å². The van der Waals surface area contributed by atoms with Gasteiger partial charge in [0.1, 0.15) is 7.11 Å². The first-order valence-electron chi connectivity index (χ1n) is 4.26. The summed E-state index contributed by atoms with van der Waals surface area (Å²) in [4.78, 5) is 4.53. The van der Waals surface area contributed by atoms with Crippen molar-refractivity contribution < 1.29 is 4.84 Å². The highest BCUT2D eigenvalue weighted by atomic mass is 16.6. The zero-order valence-electron chi connectivity index (χ0n) is 7.38. The van der Waals surface area contributed by atoms with Gasteiger partial charge in [0, 0.05) is 6.21 Å². The lowest BCUT2D eigenvalue weighted by atomic mass is 10.1. The van der Waals surface area contributed by atoms with Crippen molar-refractivity contribution in [2.75, 3.05) is 7.11 Å². The maximum absolute atomic E-state index is 4.53. The number of oxime groups is 1. The predicted octanol–water partition coefficient (Wildman–Crippen LogP) is 2.79. The van der Waals surface area contributed by atoms with Crippen LogP contribution < -0.4 is 0 Å². The molecule has 0 bridgehead atoms. The summed E-state index contributed by atoms with van der Waals surface area (Å²) >= 11 is 0. The summed E-state index contributed by atoms with van der Waals surface area (Å²) in [6.45, 7) is 3.79. The van der Waals surface area contributed by atoms with Crippen LogP contribution in [0.4, 0.5) is 0 Å². The SMILES string of the molecule is [CH2]CCCCCC/C=N\OC. The fourth-order valence-electron chi connectivity index (χ4n) is 0.893. The second kappa shape index (κ2) is 9.47. The van der Waals surface area contributed by atoms with Gasteiger partial charge in [-0.05, 0) is 12.8 Å². The van der Waals surface area contributed by atoms with Crippen LogP contribution in [0.2, 0.25) is 0 Å². The molecule has 0 aromatic carbocycles. The van der Waals surface area contributed by atoms with Gasteiger partial charge in [-0.25, -0.2) is 0 Å². The molecule has 0 aromatic heterocycles. The first kappa shape index (κ1) is 10.5. The molecule has 0 saturated carbocycles. The third-order valence-electron chi connectivity index (χ3n) is 1.51. The Kier molecular flexibility index (Phi) is 9.01. The van der Waals surface area contributed by atoms with Crippen molar-refractivity contribution >= 4 is 6.21 Å². The first-order chi connectivity index (χ1) is 5.41. The van der Waals surface area contributed by atoms with Crippen molar-refractivity contribution in [3.8, 4) is 0 Å². The molecule has 0 aliphatic rings. The Bertz CT molecular complexity index is 91.6. The molecule has 0 unspecified atom stereocenters. The Morgan fingerprint density at radius 3 is 2.64 bits per heavy atom. The smallest absolute Gasteiger partial charge is 0.106 e. The van der Waals surface area contributed by atoms with Crippen LogP contribution in [-0.2, 0) is 4.84 Å². The van der Waals surface area contributed by atoms with Crippen molar-refractivity contribution in [3.63, 3.8) is 0 Å².